The van der Waals surface area contributed by atoms with Crippen molar-refractivity contribution in [2.75, 3.05) is 0 Å². The average molecular weight is 382 g/mol. The number of rotatable bonds is 4. The number of hydrogen-bond acceptors (Lipinski definition) is 3. The Morgan fingerprint density at radius 2 is 2.35 bits per heavy atom. The summed E-state index contributed by atoms with van der Waals surface area (Å²) in [6, 6.07) is 3.60. The van der Waals surface area contributed by atoms with Gasteiger partial charge in [0.05, 0.1) is 6.04 Å². The van der Waals surface area contributed by atoms with Gasteiger partial charge in [-0.05, 0) is 60.4 Å². The van der Waals surface area contributed by atoms with Gasteiger partial charge in [0.25, 0.3) is 5.91 Å². The lowest BCUT2D eigenvalue weighted by molar-refractivity contribution is 0.0925. The van der Waals surface area contributed by atoms with Gasteiger partial charge in [0.15, 0.2) is 5.82 Å². The third-order valence-corrected chi connectivity index (χ3v) is 3.99. The fourth-order valence-corrected chi connectivity index (χ4v) is 2.63. The second-order valence-corrected chi connectivity index (χ2v) is 6.32. The number of aromatic amines is 1. The molecule has 0 radical (unpaired) electrons. The Kier molecular flexibility index (Phi) is 3.73. The van der Waals surface area contributed by atoms with Gasteiger partial charge >= 0.3 is 0 Å². The monoisotopic (exact) mass is 382 g/mol. The van der Waals surface area contributed by atoms with Crippen molar-refractivity contribution >= 4 is 28.5 Å². The Morgan fingerprint density at radius 1 is 1.55 bits per heavy atom. The lowest BCUT2D eigenvalue weighted by Crippen LogP contribution is -2.31. The van der Waals surface area contributed by atoms with Gasteiger partial charge in [-0.25, -0.2) is 9.97 Å². The van der Waals surface area contributed by atoms with E-state index in [1.54, 1.807) is 6.20 Å². The molecule has 0 aromatic carbocycles. The molecule has 0 bridgehead atoms. The maximum Gasteiger partial charge on any atom is 0.268 e. The smallest absolute Gasteiger partial charge is 0.268 e. The summed E-state index contributed by atoms with van der Waals surface area (Å²) >= 11 is 2.17. The lowest BCUT2D eigenvalue weighted by Gasteiger charge is -2.16. The first-order chi connectivity index (χ1) is 9.63. The standard InChI is InChI=1S/C14H15IN4O/c1-8-4-5-16-13(18-8)12(9-2-3-9)19-14(20)11-6-10(15)7-17-11/h4-7,9,12,17H,2-3H2,1H3,(H,19,20). The Balaban J connectivity index is 1.80. The minimum atomic E-state index is -0.102. The van der Waals surface area contributed by atoms with Crippen LogP contribution in [-0.4, -0.2) is 20.9 Å². The maximum atomic E-state index is 12.3. The van der Waals surface area contributed by atoms with Crippen LogP contribution in [0.5, 0.6) is 0 Å². The quantitative estimate of drug-likeness (QED) is 0.799. The Bertz CT molecular complexity index is 636. The summed E-state index contributed by atoms with van der Waals surface area (Å²) in [4.78, 5) is 24.0. The zero-order chi connectivity index (χ0) is 14.1. The summed E-state index contributed by atoms with van der Waals surface area (Å²) < 4.78 is 1.02. The maximum absolute atomic E-state index is 12.3. The van der Waals surface area contributed by atoms with Crippen LogP contribution < -0.4 is 5.32 Å². The molecule has 1 saturated carbocycles. The topological polar surface area (TPSA) is 70.7 Å². The number of carbonyl (C=O) groups is 1. The Morgan fingerprint density at radius 3 is 2.95 bits per heavy atom. The first-order valence-electron chi connectivity index (χ1n) is 6.58. The van der Waals surface area contributed by atoms with E-state index < -0.39 is 0 Å². The number of H-pyrrole nitrogens is 1. The molecule has 1 aliphatic rings. The van der Waals surface area contributed by atoms with E-state index in [1.165, 1.54) is 0 Å². The highest BCUT2D eigenvalue weighted by Crippen LogP contribution is 2.40. The molecule has 6 heteroatoms. The highest BCUT2D eigenvalue weighted by atomic mass is 127. The van der Waals surface area contributed by atoms with E-state index in [9.17, 15) is 4.79 Å². The molecule has 0 spiro atoms. The molecular formula is C14H15IN4O. The number of amides is 1. The van der Waals surface area contributed by atoms with Gasteiger partial charge in [0, 0.05) is 21.7 Å². The second kappa shape index (κ2) is 5.51. The number of nitrogens with zero attached hydrogens (tertiary/aromatic N) is 2. The van der Waals surface area contributed by atoms with Crippen molar-refractivity contribution in [3.05, 3.63) is 45.3 Å². The molecule has 104 valence electrons. The van der Waals surface area contributed by atoms with Crippen LogP contribution in [0.25, 0.3) is 0 Å². The molecule has 1 atom stereocenters. The van der Waals surface area contributed by atoms with E-state index in [0.29, 0.717) is 17.4 Å². The average Bonchev–Trinajstić information content (AvgIpc) is 3.17. The van der Waals surface area contributed by atoms with Gasteiger partial charge < -0.3 is 10.3 Å². The van der Waals surface area contributed by atoms with Crippen LogP contribution in [0.1, 0.15) is 40.9 Å². The predicted molar refractivity (Wildman–Crippen MR) is 83.2 cm³/mol. The second-order valence-electron chi connectivity index (χ2n) is 5.08. The summed E-state index contributed by atoms with van der Waals surface area (Å²) in [5.41, 5.74) is 1.50. The minimum absolute atomic E-state index is 0.0941. The van der Waals surface area contributed by atoms with Crippen LogP contribution in [0.4, 0.5) is 0 Å². The van der Waals surface area contributed by atoms with Crippen molar-refractivity contribution in [3.63, 3.8) is 0 Å². The number of halogens is 1. The first kappa shape index (κ1) is 13.5. The molecule has 3 rings (SSSR count). The van der Waals surface area contributed by atoms with Crippen LogP contribution in [0, 0.1) is 16.4 Å². The van der Waals surface area contributed by atoms with Crippen LogP contribution >= 0.6 is 22.6 Å². The van der Waals surface area contributed by atoms with Gasteiger partial charge in [-0.2, -0.15) is 0 Å². The SMILES string of the molecule is Cc1ccnc(C(NC(=O)c2cc(I)c[nH]2)C2CC2)n1. The molecule has 2 N–H and O–H groups in total. The van der Waals surface area contributed by atoms with Gasteiger partial charge in [-0.3, -0.25) is 4.79 Å². The Hall–Kier alpha value is -1.44. The molecule has 1 fully saturated rings. The summed E-state index contributed by atoms with van der Waals surface area (Å²) in [6.45, 7) is 1.93. The predicted octanol–water partition coefficient (Wildman–Crippen LogP) is 2.60. The van der Waals surface area contributed by atoms with Crippen molar-refractivity contribution < 1.29 is 4.79 Å². The molecule has 2 aromatic rings. The van der Waals surface area contributed by atoms with E-state index in [1.807, 2.05) is 25.3 Å². The normalized spacial score (nSPS) is 15.9. The minimum Gasteiger partial charge on any atom is -0.356 e. The van der Waals surface area contributed by atoms with Crippen molar-refractivity contribution in [3.8, 4) is 0 Å². The van der Waals surface area contributed by atoms with Crippen molar-refractivity contribution in [1.82, 2.24) is 20.3 Å². The van der Waals surface area contributed by atoms with Crippen LogP contribution in [0.15, 0.2) is 24.5 Å². The highest BCUT2D eigenvalue weighted by molar-refractivity contribution is 14.1. The van der Waals surface area contributed by atoms with Gasteiger partial charge in [-0.15, -0.1) is 0 Å². The molecule has 1 unspecified atom stereocenters. The van der Waals surface area contributed by atoms with E-state index in [2.05, 4.69) is 42.9 Å². The Labute approximate surface area is 130 Å². The van der Waals surface area contributed by atoms with E-state index in [-0.39, 0.29) is 11.9 Å². The number of aromatic nitrogens is 3. The summed E-state index contributed by atoms with van der Waals surface area (Å²) in [5.74, 6) is 1.06. The summed E-state index contributed by atoms with van der Waals surface area (Å²) in [5, 5.41) is 3.05. The van der Waals surface area contributed by atoms with Crippen LogP contribution in [-0.2, 0) is 0 Å². The molecular weight excluding hydrogens is 367 g/mol. The van der Waals surface area contributed by atoms with E-state index in [4.69, 9.17) is 0 Å². The third kappa shape index (κ3) is 3.00. The number of aryl methyl sites for hydroxylation is 1. The molecule has 5 nitrogen and oxygen atoms in total. The molecule has 2 aromatic heterocycles. The molecule has 2 heterocycles. The van der Waals surface area contributed by atoms with Gasteiger partial charge in [-0.1, -0.05) is 0 Å². The van der Waals surface area contributed by atoms with Gasteiger partial charge in [0.1, 0.15) is 5.69 Å². The van der Waals surface area contributed by atoms with Crippen LogP contribution in [0.3, 0.4) is 0 Å². The lowest BCUT2D eigenvalue weighted by atomic mass is 10.1. The van der Waals surface area contributed by atoms with Crippen molar-refractivity contribution in [1.29, 1.82) is 0 Å². The molecule has 1 amide bonds. The van der Waals surface area contributed by atoms with Gasteiger partial charge in [0.2, 0.25) is 0 Å². The molecule has 0 saturated heterocycles. The molecule has 20 heavy (non-hydrogen) atoms. The number of hydrogen-bond donors (Lipinski definition) is 2. The highest BCUT2D eigenvalue weighted by Gasteiger charge is 2.35. The van der Waals surface area contributed by atoms with Crippen molar-refractivity contribution in [2.45, 2.75) is 25.8 Å². The number of carbonyl (C=O) groups excluding carboxylic acids is 1. The summed E-state index contributed by atoms with van der Waals surface area (Å²) in [6.07, 6.45) is 5.79. The fourth-order valence-electron chi connectivity index (χ4n) is 2.16. The van der Waals surface area contributed by atoms with Crippen molar-refractivity contribution in [2.24, 2.45) is 5.92 Å². The summed E-state index contributed by atoms with van der Waals surface area (Å²) in [7, 11) is 0. The number of nitrogens with one attached hydrogen (secondary N) is 2. The largest absolute Gasteiger partial charge is 0.356 e. The first-order valence-corrected chi connectivity index (χ1v) is 7.65. The van der Waals surface area contributed by atoms with E-state index >= 15 is 0 Å². The van der Waals surface area contributed by atoms with Crippen LogP contribution in [0.2, 0.25) is 0 Å². The van der Waals surface area contributed by atoms with E-state index in [0.717, 1.165) is 22.1 Å². The zero-order valence-corrected chi connectivity index (χ0v) is 13.2. The molecule has 0 aliphatic heterocycles. The molecule has 1 aliphatic carbocycles. The zero-order valence-electron chi connectivity index (χ0n) is 11.1. The fraction of sp³-hybridized carbons (Fsp3) is 0.357. The third-order valence-electron chi connectivity index (χ3n) is 3.36.